The van der Waals surface area contributed by atoms with Gasteiger partial charge < -0.3 is 9.84 Å². The van der Waals surface area contributed by atoms with E-state index >= 15 is 0 Å². The summed E-state index contributed by atoms with van der Waals surface area (Å²) >= 11 is 6.18. The van der Waals surface area contributed by atoms with Crippen molar-refractivity contribution in [1.29, 1.82) is 0 Å². The average molecular weight is 279 g/mol. The number of halogens is 1. The number of aromatic nitrogens is 2. The average Bonchev–Trinajstić information content (AvgIpc) is 2.94. The van der Waals surface area contributed by atoms with Crippen LogP contribution < -0.4 is 4.74 Å². The van der Waals surface area contributed by atoms with E-state index in [1.165, 1.54) is 6.07 Å². The number of H-pyrrole nitrogens is 1. The summed E-state index contributed by atoms with van der Waals surface area (Å²) in [4.78, 5) is 10.8. The molecule has 0 fully saturated rings. The Morgan fingerprint density at radius 2 is 2.32 bits per heavy atom. The topological polar surface area (TPSA) is 75.2 Å². The SMILES string of the molecule is CC1Cc2cc(-c3cc(C(=O)O)[nH]n3)cc(Cl)c2O1. The van der Waals surface area contributed by atoms with Gasteiger partial charge in [0.15, 0.2) is 0 Å². The number of hydrogen-bond acceptors (Lipinski definition) is 3. The first-order valence-corrected chi connectivity index (χ1v) is 6.20. The van der Waals surface area contributed by atoms with Crippen LogP contribution in [0, 0.1) is 0 Å². The van der Waals surface area contributed by atoms with E-state index in [0.29, 0.717) is 16.5 Å². The summed E-state index contributed by atoms with van der Waals surface area (Å²) in [5.41, 5.74) is 2.41. The molecule has 0 aliphatic carbocycles. The zero-order valence-electron chi connectivity index (χ0n) is 10.1. The Morgan fingerprint density at radius 3 is 3.00 bits per heavy atom. The molecule has 98 valence electrons. The molecule has 0 bridgehead atoms. The van der Waals surface area contributed by atoms with Gasteiger partial charge in [0.25, 0.3) is 0 Å². The number of ether oxygens (including phenoxy) is 1. The van der Waals surface area contributed by atoms with Crippen LogP contribution in [0.2, 0.25) is 5.02 Å². The zero-order valence-corrected chi connectivity index (χ0v) is 10.9. The minimum atomic E-state index is -1.04. The second-order valence-corrected chi connectivity index (χ2v) is 4.96. The van der Waals surface area contributed by atoms with Gasteiger partial charge in [-0.3, -0.25) is 5.10 Å². The van der Waals surface area contributed by atoms with E-state index in [2.05, 4.69) is 10.2 Å². The maximum atomic E-state index is 10.8. The van der Waals surface area contributed by atoms with Gasteiger partial charge in [0, 0.05) is 17.5 Å². The normalized spacial score (nSPS) is 17.1. The molecule has 1 aliphatic heterocycles. The maximum Gasteiger partial charge on any atom is 0.353 e. The largest absolute Gasteiger partial charge is 0.489 e. The van der Waals surface area contributed by atoms with E-state index in [9.17, 15) is 4.79 Å². The Bertz CT molecular complexity index is 666. The van der Waals surface area contributed by atoms with E-state index in [1.807, 2.05) is 13.0 Å². The van der Waals surface area contributed by atoms with Crippen molar-refractivity contribution < 1.29 is 14.6 Å². The molecule has 19 heavy (non-hydrogen) atoms. The lowest BCUT2D eigenvalue weighted by atomic mass is 10.0. The molecule has 0 radical (unpaired) electrons. The number of aromatic carboxylic acids is 1. The van der Waals surface area contributed by atoms with Gasteiger partial charge in [-0.1, -0.05) is 11.6 Å². The number of carboxylic acid groups (broad SMARTS) is 1. The summed E-state index contributed by atoms with van der Waals surface area (Å²) in [6.45, 7) is 1.98. The number of carbonyl (C=O) groups is 1. The van der Waals surface area contributed by atoms with E-state index < -0.39 is 5.97 Å². The molecule has 6 heteroatoms. The maximum absolute atomic E-state index is 10.8. The first-order chi connectivity index (χ1) is 9.04. The molecule has 2 heterocycles. The predicted molar refractivity (Wildman–Crippen MR) is 69.8 cm³/mol. The van der Waals surface area contributed by atoms with Crippen LogP contribution in [0.1, 0.15) is 23.0 Å². The third-order valence-corrected chi connectivity index (χ3v) is 3.33. The highest BCUT2D eigenvalue weighted by Gasteiger charge is 2.23. The number of nitrogens with zero attached hydrogens (tertiary/aromatic N) is 1. The molecular weight excluding hydrogens is 268 g/mol. The van der Waals surface area contributed by atoms with Crippen LogP contribution in [-0.4, -0.2) is 27.4 Å². The molecule has 2 N–H and O–H groups in total. The molecule has 1 aromatic heterocycles. The van der Waals surface area contributed by atoms with Crippen molar-refractivity contribution >= 4 is 17.6 Å². The van der Waals surface area contributed by atoms with Crippen molar-refractivity contribution in [2.75, 3.05) is 0 Å². The first kappa shape index (κ1) is 12.0. The number of hydrogen-bond donors (Lipinski definition) is 2. The number of rotatable bonds is 2. The minimum absolute atomic E-state index is 0.0521. The summed E-state index contributed by atoms with van der Waals surface area (Å²) < 4.78 is 5.62. The van der Waals surface area contributed by atoms with Crippen LogP contribution in [-0.2, 0) is 6.42 Å². The van der Waals surface area contributed by atoms with Gasteiger partial charge in [0.05, 0.1) is 10.7 Å². The summed E-state index contributed by atoms with van der Waals surface area (Å²) in [6.07, 6.45) is 0.899. The standard InChI is InChI=1S/C13H11ClN2O3/c1-6-2-8-3-7(4-9(14)12(8)19-6)10-5-11(13(17)18)16-15-10/h3-6H,2H2,1H3,(H,15,16)(H,17,18). The number of carboxylic acids is 1. The van der Waals surface area contributed by atoms with E-state index in [4.69, 9.17) is 21.4 Å². The van der Waals surface area contributed by atoms with Crippen LogP contribution in [0.4, 0.5) is 0 Å². The Morgan fingerprint density at radius 1 is 1.53 bits per heavy atom. The molecule has 1 unspecified atom stereocenters. The fourth-order valence-corrected chi connectivity index (χ4v) is 2.50. The highest BCUT2D eigenvalue weighted by Crippen LogP contribution is 2.39. The molecule has 1 aromatic carbocycles. The number of fused-ring (bicyclic) bond motifs is 1. The highest BCUT2D eigenvalue weighted by molar-refractivity contribution is 6.32. The molecule has 3 rings (SSSR count). The summed E-state index contributed by atoms with van der Waals surface area (Å²) in [5.74, 6) is -0.324. The van der Waals surface area contributed by atoms with Crippen LogP contribution in [0.25, 0.3) is 11.3 Å². The van der Waals surface area contributed by atoms with E-state index in [1.54, 1.807) is 6.07 Å². The fraction of sp³-hybridized carbons (Fsp3) is 0.231. The van der Waals surface area contributed by atoms with Crippen LogP contribution >= 0.6 is 11.6 Å². The second-order valence-electron chi connectivity index (χ2n) is 4.55. The van der Waals surface area contributed by atoms with Crippen molar-refractivity contribution in [3.8, 4) is 17.0 Å². The summed E-state index contributed by atoms with van der Waals surface area (Å²) in [7, 11) is 0. The van der Waals surface area contributed by atoms with Crippen LogP contribution in [0.5, 0.6) is 5.75 Å². The summed E-state index contributed by atoms with van der Waals surface area (Å²) in [6, 6.07) is 5.16. The fourth-order valence-electron chi connectivity index (χ4n) is 2.21. The number of aromatic amines is 1. The van der Waals surface area contributed by atoms with Crippen molar-refractivity contribution in [2.45, 2.75) is 19.4 Å². The monoisotopic (exact) mass is 278 g/mol. The Kier molecular flexibility index (Phi) is 2.71. The van der Waals surface area contributed by atoms with Gasteiger partial charge in [-0.25, -0.2) is 4.79 Å². The van der Waals surface area contributed by atoms with E-state index in [-0.39, 0.29) is 11.8 Å². The molecule has 2 aromatic rings. The van der Waals surface area contributed by atoms with Crippen LogP contribution in [0.15, 0.2) is 18.2 Å². The third kappa shape index (κ3) is 2.06. The third-order valence-electron chi connectivity index (χ3n) is 3.05. The first-order valence-electron chi connectivity index (χ1n) is 5.82. The quantitative estimate of drug-likeness (QED) is 0.886. The van der Waals surface area contributed by atoms with Gasteiger partial charge in [-0.05, 0) is 25.1 Å². The molecular formula is C13H11ClN2O3. The lowest BCUT2D eigenvalue weighted by Crippen LogP contribution is -2.05. The van der Waals surface area contributed by atoms with Gasteiger partial charge in [0.2, 0.25) is 0 Å². The van der Waals surface area contributed by atoms with Crippen LogP contribution in [0.3, 0.4) is 0 Å². The Labute approximate surface area is 114 Å². The highest BCUT2D eigenvalue weighted by atomic mass is 35.5. The summed E-state index contributed by atoms with van der Waals surface area (Å²) in [5, 5.41) is 15.9. The minimum Gasteiger partial charge on any atom is -0.489 e. The van der Waals surface area contributed by atoms with Crippen molar-refractivity contribution in [3.63, 3.8) is 0 Å². The predicted octanol–water partition coefficient (Wildman–Crippen LogP) is 2.75. The molecule has 5 nitrogen and oxygen atoms in total. The van der Waals surface area contributed by atoms with Crippen molar-refractivity contribution in [1.82, 2.24) is 10.2 Å². The molecule has 0 amide bonds. The molecule has 1 aliphatic rings. The van der Waals surface area contributed by atoms with Gasteiger partial charge >= 0.3 is 5.97 Å². The van der Waals surface area contributed by atoms with Gasteiger partial charge in [0.1, 0.15) is 17.5 Å². The van der Waals surface area contributed by atoms with Gasteiger partial charge in [-0.15, -0.1) is 0 Å². The Balaban J connectivity index is 2.04. The molecule has 0 spiro atoms. The lowest BCUT2D eigenvalue weighted by molar-refractivity contribution is 0.0690. The molecule has 1 atom stereocenters. The number of benzene rings is 1. The van der Waals surface area contributed by atoms with Crippen molar-refractivity contribution in [3.05, 3.63) is 34.5 Å². The zero-order chi connectivity index (χ0) is 13.6. The molecule has 0 saturated heterocycles. The molecule has 0 saturated carbocycles. The smallest absolute Gasteiger partial charge is 0.353 e. The van der Waals surface area contributed by atoms with Crippen molar-refractivity contribution in [2.24, 2.45) is 0 Å². The second kappa shape index (κ2) is 4.28. The van der Waals surface area contributed by atoms with Gasteiger partial charge in [-0.2, -0.15) is 5.10 Å². The number of nitrogens with one attached hydrogen (secondary N) is 1. The van der Waals surface area contributed by atoms with E-state index in [0.717, 1.165) is 17.5 Å². The Hall–Kier alpha value is -2.01. The lowest BCUT2D eigenvalue weighted by Gasteiger charge is -2.05.